The number of guanidine groups is 1. The van der Waals surface area contributed by atoms with Crippen LogP contribution in [0, 0.1) is 0 Å². The molecule has 25 heavy (non-hydrogen) atoms. The first-order chi connectivity index (χ1) is 11.4. The first-order valence-corrected chi connectivity index (χ1v) is 11.0. The van der Waals surface area contributed by atoms with E-state index in [2.05, 4.69) is 15.2 Å². The van der Waals surface area contributed by atoms with Crippen LogP contribution in [-0.4, -0.2) is 105 Å². The van der Waals surface area contributed by atoms with E-state index >= 15 is 0 Å². The number of thioether (sulfide) groups is 1. The molecule has 0 aliphatic carbocycles. The molecular formula is C14H28IN5O3S2. The lowest BCUT2D eigenvalue weighted by Crippen LogP contribution is -2.54. The van der Waals surface area contributed by atoms with Crippen molar-refractivity contribution in [2.45, 2.75) is 6.92 Å². The van der Waals surface area contributed by atoms with Crippen molar-refractivity contribution in [1.29, 1.82) is 0 Å². The summed E-state index contributed by atoms with van der Waals surface area (Å²) in [4.78, 5) is 19.5. The molecule has 2 heterocycles. The zero-order valence-electron chi connectivity index (χ0n) is 14.8. The zero-order chi connectivity index (χ0) is 17.6. The van der Waals surface area contributed by atoms with Crippen molar-refractivity contribution in [2.24, 2.45) is 4.99 Å². The summed E-state index contributed by atoms with van der Waals surface area (Å²) in [7, 11) is -1.52. The Balaban J connectivity index is 0.00000312. The molecule has 0 aromatic rings. The maximum absolute atomic E-state index is 12.3. The van der Waals surface area contributed by atoms with Gasteiger partial charge in [0.2, 0.25) is 15.9 Å². The van der Waals surface area contributed by atoms with E-state index in [4.69, 9.17) is 0 Å². The molecule has 0 spiro atoms. The highest BCUT2D eigenvalue weighted by Gasteiger charge is 2.25. The summed E-state index contributed by atoms with van der Waals surface area (Å²) in [6.07, 6.45) is 0. The maximum Gasteiger partial charge on any atom is 0.219 e. The SMILES string of the molecule is CN=C(NCCS(=O)(=O)N1CCSCC1)N1CCN(C(C)=O)CC1.I. The van der Waals surface area contributed by atoms with E-state index < -0.39 is 10.0 Å². The van der Waals surface area contributed by atoms with Crippen LogP contribution in [0.3, 0.4) is 0 Å². The third kappa shape index (κ3) is 6.75. The van der Waals surface area contributed by atoms with Gasteiger partial charge < -0.3 is 15.1 Å². The number of rotatable bonds is 4. The third-order valence-electron chi connectivity index (χ3n) is 4.24. The molecule has 2 aliphatic rings. The fourth-order valence-electron chi connectivity index (χ4n) is 2.81. The molecule has 1 amide bonds. The number of carbonyl (C=O) groups excluding carboxylic acids is 1. The molecule has 8 nitrogen and oxygen atoms in total. The average Bonchev–Trinajstić information content (AvgIpc) is 2.59. The standard InChI is InChI=1S/C14H27N5O3S2.HI/c1-13(20)17-4-6-18(7-5-17)14(15-2)16-3-12-24(21,22)19-8-10-23-11-9-19;/h3-12H2,1-2H3,(H,15,16);1H. The third-order valence-corrected chi connectivity index (χ3v) is 7.06. The van der Waals surface area contributed by atoms with Crippen molar-refractivity contribution >= 4 is 57.6 Å². The van der Waals surface area contributed by atoms with E-state index in [0.29, 0.717) is 51.8 Å². The number of hydrogen-bond acceptors (Lipinski definition) is 5. The highest BCUT2D eigenvalue weighted by molar-refractivity contribution is 14.0. The van der Waals surface area contributed by atoms with Crippen LogP contribution in [0.15, 0.2) is 4.99 Å². The lowest BCUT2D eigenvalue weighted by molar-refractivity contribution is -0.130. The number of amides is 1. The van der Waals surface area contributed by atoms with Crippen molar-refractivity contribution in [3.63, 3.8) is 0 Å². The zero-order valence-corrected chi connectivity index (χ0v) is 18.8. The predicted octanol–water partition coefficient (Wildman–Crippen LogP) is -0.277. The second kappa shape index (κ2) is 10.8. The van der Waals surface area contributed by atoms with Crippen LogP contribution in [0.2, 0.25) is 0 Å². The van der Waals surface area contributed by atoms with Gasteiger partial charge in [-0.15, -0.1) is 24.0 Å². The number of aliphatic imine (C=N–C) groups is 1. The Bertz CT molecular complexity index is 559. The minimum atomic E-state index is -3.21. The highest BCUT2D eigenvalue weighted by Crippen LogP contribution is 2.13. The molecule has 0 atom stereocenters. The molecule has 2 saturated heterocycles. The average molecular weight is 505 g/mol. The van der Waals surface area contributed by atoms with Crippen LogP contribution in [0.5, 0.6) is 0 Å². The Hall–Kier alpha value is -0.270. The maximum atomic E-state index is 12.3. The molecule has 1 N–H and O–H groups in total. The van der Waals surface area contributed by atoms with Gasteiger partial charge >= 0.3 is 0 Å². The van der Waals surface area contributed by atoms with E-state index in [-0.39, 0.29) is 35.6 Å². The number of carbonyl (C=O) groups is 1. The largest absolute Gasteiger partial charge is 0.355 e. The van der Waals surface area contributed by atoms with Crippen molar-refractivity contribution in [2.75, 3.05) is 70.1 Å². The topological polar surface area (TPSA) is 85.3 Å². The van der Waals surface area contributed by atoms with Crippen molar-refractivity contribution < 1.29 is 13.2 Å². The summed E-state index contributed by atoms with van der Waals surface area (Å²) in [6.45, 7) is 5.87. The van der Waals surface area contributed by atoms with E-state index in [9.17, 15) is 13.2 Å². The Morgan fingerprint density at radius 1 is 1.08 bits per heavy atom. The van der Waals surface area contributed by atoms with E-state index in [1.165, 1.54) is 0 Å². The number of halogens is 1. The number of piperazine rings is 1. The van der Waals surface area contributed by atoms with Gasteiger partial charge in [0.15, 0.2) is 5.96 Å². The smallest absolute Gasteiger partial charge is 0.219 e. The Kier molecular flexibility index (Phi) is 9.82. The normalized spacial score (nSPS) is 20.2. The molecule has 0 aromatic heterocycles. The molecular weight excluding hydrogens is 477 g/mol. The highest BCUT2D eigenvalue weighted by atomic mass is 127. The van der Waals surface area contributed by atoms with Gasteiger partial charge in [0, 0.05) is 71.3 Å². The van der Waals surface area contributed by atoms with Gasteiger partial charge in [-0.2, -0.15) is 11.8 Å². The van der Waals surface area contributed by atoms with Gasteiger partial charge in [-0.25, -0.2) is 12.7 Å². The van der Waals surface area contributed by atoms with Crippen LogP contribution < -0.4 is 5.32 Å². The van der Waals surface area contributed by atoms with Gasteiger partial charge in [0.05, 0.1) is 5.75 Å². The van der Waals surface area contributed by atoms with Crippen molar-refractivity contribution in [3.8, 4) is 0 Å². The van der Waals surface area contributed by atoms with Crippen LogP contribution >= 0.6 is 35.7 Å². The fourth-order valence-corrected chi connectivity index (χ4v) is 5.30. The number of sulfonamides is 1. The number of nitrogens with one attached hydrogen (secondary N) is 1. The fraction of sp³-hybridized carbons (Fsp3) is 0.857. The molecule has 0 saturated carbocycles. The van der Waals surface area contributed by atoms with Crippen LogP contribution in [-0.2, 0) is 14.8 Å². The minimum absolute atomic E-state index is 0. The molecule has 0 unspecified atom stereocenters. The first-order valence-electron chi connectivity index (χ1n) is 8.21. The van der Waals surface area contributed by atoms with Crippen LogP contribution in [0.4, 0.5) is 0 Å². The number of hydrogen-bond donors (Lipinski definition) is 1. The van der Waals surface area contributed by atoms with Crippen LogP contribution in [0.1, 0.15) is 6.92 Å². The van der Waals surface area contributed by atoms with E-state index in [0.717, 1.165) is 11.5 Å². The molecule has 0 bridgehead atoms. The van der Waals surface area contributed by atoms with E-state index in [1.807, 2.05) is 4.90 Å². The molecule has 0 aromatic carbocycles. The lowest BCUT2D eigenvalue weighted by Gasteiger charge is -2.36. The summed E-state index contributed by atoms with van der Waals surface area (Å²) >= 11 is 1.79. The summed E-state index contributed by atoms with van der Waals surface area (Å²) in [5.41, 5.74) is 0. The monoisotopic (exact) mass is 505 g/mol. The van der Waals surface area contributed by atoms with Gasteiger partial charge in [0.1, 0.15) is 0 Å². The summed E-state index contributed by atoms with van der Waals surface area (Å²) < 4.78 is 26.2. The van der Waals surface area contributed by atoms with E-state index in [1.54, 1.807) is 30.0 Å². The Morgan fingerprint density at radius 3 is 2.16 bits per heavy atom. The Morgan fingerprint density at radius 2 is 1.64 bits per heavy atom. The van der Waals surface area contributed by atoms with Gasteiger partial charge in [-0.3, -0.25) is 9.79 Å². The molecule has 0 radical (unpaired) electrons. The second-order valence-corrected chi connectivity index (χ2v) is 9.11. The molecule has 146 valence electrons. The lowest BCUT2D eigenvalue weighted by atomic mass is 10.3. The molecule has 2 aliphatic heterocycles. The predicted molar refractivity (Wildman–Crippen MR) is 113 cm³/mol. The van der Waals surface area contributed by atoms with Gasteiger partial charge in [-0.1, -0.05) is 0 Å². The van der Waals surface area contributed by atoms with Crippen molar-refractivity contribution in [1.82, 2.24) is 19.4 Å². The summed E-state index contributed by atoms with van der Waals surface area (Å²) in [5, 5.41) is 3.14. The summed E-state index contributed by atoms with van der Waals surface area (Å²) in [5.74, 6) is 2.60. The molecule has 2 fully saturated rings. The number of nitrogens with zero attached hydrogens (tertiary/aromatic N) is 4. The van der Waals surface area contributed by atoms with Crippen LogP contribution in [0.25, 0.3) is 0 Å². The quantitative estimate of drug-likeness (QED) is 0.322. The van der Waals surface area contributed by atoms with Gasteiger partial charge in [0.25, 0.3) is 0 Å². The molecule has 11 heteroatoms. The second-order valence-electron chi connectivity index (χ2n) is 5.79. The molecule has 2 rings (SSSR count). The first kappa shape index (κ1) is 22.8. The Labute approximate surface area is 171 Å². The summed E-state index contributed by atoms with van der Waals surface area (Å²) in [6, 6.07) is 0. The van der Waals surface area contributed by atoms with Gasteiger partial charge in [-0.05, 0) is 0 Å². The van der Waals surface area contributed by atoms with Crippen molar-refractivity contribution in [3.05, 3.63) is 0 Å². The minimum Gasteiger partial charge on any atom is -0.355 e.